The molecule has 3 nitrogen and oxygen atoms in total. The van der Waals surface area contributed by atoms with E-state index in [0.717, 1.165) is 25.6 Å². The topological polar surface area (TPSA) is 38.5 Å². The van der Waals surface area contributed by atoms with E-state index in [4.69, 9.17) is 10.5 Å². The van der Waals surface area contributed by atoms with Crippen LogP contribution in [0.5, 0.6) is 0 Å². The van der Waals surface area contributed by atoms with Crippen LogP contribution in [0.3, 0.4) is 0 Å². The third-order valence-corrected chi connectivity index (χ3v) is 5.56. The number of ether oxygens (including phenoxy) is 1. The van der Waals surface area contributed by atoms with Crippen molar-refractivity contribution in [3.63, 3.8) is 0 Å². The Hall–Kier alpha value is -0.120. The Bertz CT molecular complexity index is 272. The summed E-state index contributed by atoms with van der Waals surface area (Å²) in [6.07, 6.45) is 11.0. The lowest BCUT2D eigenvalue weighted by Gasteiger charge is -2.50. The molecule has 1 unspecified atom stereocenters. The van der Waals surface area contributed by atoms with Crippen molar-refractivity contribution >= 4 is 0 Å². The molecule has 0 aromatic rings. The average molecular weight is 282 g/mol. The summed E-state index contributed by atoms with van der Waals surface area (Å²) in [5, 5.41) is 0. The molecule has 1 saturated carbocycles. The highest BCUT2D eigenvalue weighted by molar-refractivity contribution is 4.97. The van der Waals surface area contributed by atoms with Crippen molar-refractivity contribution in [1.29, 1.82) is 0 Å². The largest absolute Gasteiger partial charge is 0.377 e. The van der Waals surface area contributed by atoms with Crippen molar-refractivity contribution in [3.8, 4) is 0 Å². The van der Waals surface area contributed by atoms with E-state index in [2.05, 4.69) is 18.7 Å². The quantitative estimate of drug-likeness (QED) is 0.813. The molecule has 1 aliphatic heterocycles. The third kappa shape index (κ3) is 3.75. The molecular formula is C17H34N2O. The lowest BCUT2D eigenvalue weighted by atomic mass is 9.73. The molecule has 0 aromatic heterocycles. The van der Waals surface area contributed by atoms with Crippen molar-refractivity contribution in [2.24, 2.45) is 11.7 Å². The number of nitrogens with zero attached hydrogens (tertiary/aromatic N) is 1. The molecular weight excluding hydrogens is 248 g/mol. The van der Waals surface area contributed by atoms with Crippen LogP contribution >= 0.6 is 0 Å². The molecule has 2 rings (SSSR count). The summed E-state index contributed by atoms with van der Waals surface area (Å²) < 4.78 is 5.87. The lowest BCUT2D eigenvalue weighted by Crippen LogP contribution is -2.59. The summed E-state index contributed by atoms with van der Waals surface area (Å²) in [7, 11) is 0. The van der Waals surface area contributed by atoms with E-state index in [-0.39, 0.29) is 5.54 Å². The maximum absolute atomic E-state index is 6.23. The minimum Gasteiger partial charge on any atom is -0.377 e. The number of piperidine rings is 1. The Morgan fingerprint density at radius 2 is 1.95 bits per heavy atom. The molecule has 118 valence electrons. The molecule has 1 heterocycles. The van der Waals surface area contributed by atoms with E-state index >= 15 is 0 Å². The normalized spacial score (nSPS) is 36.1. The van der Waals surface area contributed by atoms with Gasteiger partial charge >= 0.3 is 0 Å². The first-order valence-corrected chi connectivity index (χ1v) is 8.80. The lowest BCUT2D eigenvalue weighted by molar-refractivity contribution is -0.0477. The van der Waals surface area contributed by atoms with Gasteiger partial charge in [-0.25, -0.2) is 0 Å². The van der Waals surface area contributed by atoms with E-state index in [0.29, 0.717) is 6.10 Å². The van der Waals surface area contributed by atoms with E-state index in [1.54, 1.807) is 0 Å². The fraction of sp³-hybridized carbons (Fsp3) is 1.00. The number of rotatable bonds is 6. The highest BCUT2D eigenvalue weighted by Crippen LogP contribution is 2.39. The van der Waals surface area contributed by atoms with E-state index in [1.165, 1.54) is 57.9 Å². The van der Waals surface area contributed by atoms with Gasteiger partial charge < -0.3 is 10.5 Å². The summed E-state index contributed by atoms with van der Waals surface area (Å²) in [4.78, 5) is 2.68. The smallest absolute Gasteiger partial charge is 0.0702 e. The van der Waals surface area contributed by atoms with Crippen LogP contribution in [-0.2, 0) is 4.74 Å². The second kappa shape index (κ2) is 7.77. The van der Waals surface area contributed by atoms with Crippen molar-refractivity contribution in [1.82, 2.24) is 4.90 Å². The highest BCUT2D eigenvalue weighted by Gasteiger charge is 2.40. The zero-order chi connectivity index (χ0) is 14.4. The van der Waals surface area contributed by atoms with E-state index < -0.39 is 0 Å². The first kappa shape index (κ1) is 16.3. The monoisotopic (exact) mass is 282 g/mol. The Balaban J connectivity index is 1.93. The summed E-state index contributed by atoms with van der Waals surface area (Å²) in [5.41, 5.74) is 6.50. The number of hydrogen-bond donors (Lipinski definition) is 1. The van der Waals surface area contributed by atoms with Gasteiger partial charge in [0.15, 0.2) is 0 Å². The number of likely N-dealkylation sites (tertiary alicyclic amines) is 1. The van der Waals surface area contributed by atoms with Crippen molar-refractivity contribution in [3.05, 3.63) is 0 Å². The van der Waals surface area contributed by atoms with Crippen LogP contribution in [0.4, 0.5) is 0 Å². The van der Waals surface area contributed by atoms with Gasteiger partial charge in [-0.2, -0.15) is 0 Å². The molecule has 0 spiro atoms. The van der Waals surface area contributed by atoms with Crippen LogP contribution in [0.1, 0.15) is 65.2 Å². The molecule has 2 N–H and O–H groups in total. The zero-order valence-electron chi connectivity index (χ0n) is 13.6. The fourth-order valence-corrected chi connectivity index (χ4v) is 4.30. The Morgan fingerprint density at radius 3 is 2.55 bits per heavy atom. The standard InChI is InChI=1S/C17H34N2O/c1-3-6-15-8-10-17(14-18,11-9-15)19-12-5-7-16(13-19)20-4-2/h15-16H,3-14,18H2,1-2H3. The van der Waals surface area contributed by atoms with E-state index in [9.17, 15) is 0 Å². The first-order valence-electron chi connectivity index (χ1n) is 8.80. The van der Waals surface area contributed by atoms with Crippen LogP contribution in [0.25, 0.3) is 0 Å². The highest BCUT2D eigenvalue weighted by atomic mass is 16.5. The average Bonchev–Trinajstić information content (AvgIpc) is 2.49. The van der Waals surface area contributed by atoms with Gasteiger partial charge in [0.2, 0.25) is 0 Å². The molecule has 0 aromatic carbocycles. The molecule has 0 radical (unpaired) electrons. The minimum absolute atomic E-state index is 0.278. The molecule has 2 fully saturated rings. The first-order chi connectivity index (χ1) is 9.74. The molecule has 3 heteroatoms. The zero-order valence-corrected chi connectivity index (χ0v) is 13.6. The second-order valence-electron chi connectivity index (χ2n) is 6.83. The third-order valence-electron chi connectivity index (χ3n) is 5.56. The van der Waals surface area contributed by atoms with Crippen LogP contribution < -0.4 is 5.73 Å². The maximum Gasteiger partial charge on any atom is 0.0702 e. The van der Waals surface area contributed by atoms with Gasteiger partial charge in [-0.1, -0.05) is 19.8 Å². The van der Waals surface area contributed by atoms with Crippen LogP contribution in [0, 0.1) is 5.92 Å². The summed E-state index contributed by atoms with van der Waals surface area (Å²) in [6, 6.07) is 0. The molecule has 1 aliphatic carbocycles. The van der Waals surface area contributed by atoms with Crippen molar-refractivity contribution in [2.75, 3.05) is 26.2 Å². The second-order valence-corrected chi connectivity index (χ2v) is 6.83. The number of nitrogens with two attached hydrogens (primary N) is 1. The Morgan fingerprint density at radius 1 is 1.20 bits per heavy atom. The molecule has 1 saturated heterocycles. The predicted molar refractivity (Wildman–Crippen MR) is 84.9 cm³/mol. The van der Waals surface area contributed by atoms with Gasteiger partial charge in [0, 0.05) is 25.2 Å². The molecule has 0 amide bonds. The van der Waals surface area contributed by atoms with Gasteiger partial charge in [-0.15, -0.1) is 0 Å². The fourth-order valence-electron chi connectivity index (χ4n) is 4.30. The van der Waals surface area contributed by atoms with E-state index in [1.807, 2.05) is 0 Å². The molecule has 0 bridgehead atoms. The van der Waals surface area contributed by atoms with Crippen LogP contribution in [-0.4, -0.2) is 42.8 Å². The van der Waals surface area contributed by atoms with Gasteiger partial charge in [0.1, 0.15) is 0 Å². The van der Waals surface area contributed by atoms with Crippen LogP contribution in [0.2, 0.25) is 0 Å². The van der Waals surface area contributed by atoms with Gasteiger partial charge in [-0.05, 0) is 57.9 Å². The van der Waals surface area contributed by atoms with Gasteiger partial charge in [0.05, 0.1) is 6.10 Å². The summed E-state index contributed by atoms with van der Waals surface area (Å²) >= 11 is 0. The Kier molecular flexibility index (Phi) is 6.31. The van der Waals surface area contributed by atoms with Gasteiger partial charge in [0.25, 0.3) is 0 Å². The number of hydrogen-bond acceptors (Lipinski definition) is 3. The Labute approximate surface area is 125 Å². The predicted octanol–water partition coefficient (Wildman–Crippen LogP) is 3.18. The molecule has 20 heavy (non-hydrogen) atoms. The van der Waals surface area contributed by atoms with Crippen molar-refractivity contribution in [2.45, 2.75) is 76.9 Å². The summed E-state index contributed by atoms with van der Waals surface area (Å²) in [5.74, 6) is 0.951. The van der Waals surface area contributed by atoms with Crippen molar-refractivity contribution < 1.29 is 4.74 Å². The molecule has 2 aliphatic rings. The maximum atomic E-state index is 6.23. The SMILES string of the molecule is CCCC1CCC(CN)(N2CCCC(OCC)C2)CC1. The van der Waals surface area contributed by atoms with Crippen LogP contribution in [0.15, 0.2) is 0 Å². The molecule has 1 atom stereocenters. The summed E-state index contributed by atoms with van der Waals surface area (Å²) in [6.45, 7) is 8.40. The minimum atomic E-state index is 0.278. The van der Waals surface area contributed by atoms with Gasteiger partial charge in [-0.3, -0.25) is 4.90 Å².